The van der Waals surface area contributed by atoms with Crippen molar-refractivity contribution < 1.29 is 0 Å². The molecule has 0 saturated heterocycles. The Bertz CT molecular complexity index is 213. The predicted molar refractivity (Wildman–Crippen MR) is 71.4 cm³/mol. The summed E-state index contributed by atoms with van der Waals surface area (Å²) < 4.78 is 0. The number of nitrogens with one attached hydrogen (secondary N) is 1. The molecule has 2 atom stereocenters. The predicted octanol–water partition coefficient (Wildman–Crippen LogP) is 2.70. The highest BCUT2D eigenvalue weighted by Crippen LogP contribution is 2.33. The van der Waals surface area contributed by atoms with Crippen LogP contribution in [0.5, 0.6) is 0 Å². The van der Waals surface area contributed by atoms with Crippen LogP contribution >= 0.6 is 0 Å². The van der Waals surface area contributed by atoms with Crippen molar-refractivity contribution in [2.24, 2.45) is 17.6 Å². The topological polar surface area (TPSA) is 38.0 Å². The lowest BCUT2D eigenvalue weighted by molar-refractivity contribution is 0.287. The van der Waals surface area contributed by atoms with E-state index in [1.165, 1.54) is 32.1 Å². The minimum absolute atomic E-state index is 0.178. The van der Waals surface area contributed by atoms with Gasteiger partial charge in [-0.15, -0.1) is 6.58 Å². The molecule has 16 heavy (non-hydrogen) atoms. The molecule has 0 aromatic heterocycles. The highest BCUT2D eigenvalue weighted by atomic mass is 15.0. The molecule has 0 aromatic rings. The van der Waals surface area contributed by atoms with Gasteiger partial charge in [0.05, 0.1) is 0 Å². The molecule has 1 aliphatic carbocycles. The normalized spacial score (nSPS) is 31.4. The zero-order chi connectivity index (χ0) is 12.0. The minimum atomic E-state index is 0.178. The fourth-order valence-electron chi connectivity index (χ4n) is 2.84. The maximum atomic E-state index is 5.97. The van der Waals surface area contributed by atoms with Crippen molar-refractivity contribution in [3.63, 3.8) is 0 Å². The summed E-state index contributed by atoms with van der Waals surface area (Å²) in [6.07, 6.45) is 8.38. The van der Waals surface area contributed by atoms with Gasteiger partial charge in [-0.1, -0.05) is 32.8 Å². The lowest BCUT2D eigenvalue weighted by atomic mass is 9.86. The number of hydrogen-bond donors (Lipinski definition) is 2. The van der Waals surface area contributed by atoms with Crippen LogP contribution in [0.25, 0.3) is 0 Å². The molecular weight excluding hydrogens is 196 g/mol. The molecule has 0 heterocycles. The van der Waals surface area contributed by atoms with E-state index in [4.69, 9.17) is 5.73 Å². The van der Waals surface area contributed by atoms with Crippen molar-refractivity contribution in [3.8, 4) is 0 Å². The fourth-order valence-corrected chi connectivity index (χ4v) is 2.84. The van der Waals surface area contributed by atoms with E-state index in [9.17, 15) is 0 Å². The molecule has 3 N–H and O–H groups in total. The van der Waals surface area contributed by atoms with E-state index < -0.39 is 0 Å². The molecule has 1 saturated carbocycles. The molecule has 0 spiro atoms. The van der Waals surface area contributed by atoms with Crippen LogP contribution in [-0.2, 0) is 0 Å². The second-order valence-corrected chi connectivity index (χ2v) is 5.59. The van der Waals surface area contributed by atoms with E-state index in [1.54, 1.807) is 0 Å². The standard InChI is InChI=1S/C14H28N2/c1-4-10-16-14(11-15)8-5-6-13(7-9-14)12(2)3/h4,12-13,16H,1,5-11,15H2,2-3H3. The van der Waals surface area contributed by atoms with Gasteiger partial charge >= 0.3 is 0 Å². The van der Waals surface area contributed by atoms with Gasteiger partial charge in [0.15, 0.2) is 0 Å². The molecule has 0 aliphatic heterocycles. The average molecular weight is 224 g/mol. The van der Waals surface area contributed by atoms with Crippen LogP contribution < -0.4 is 11.1 Å². The van der Waals surface area contributed by atoms with Gasteiger partial charge in [-0.2, -0.15) is 0 Å². The van der Waals surface area contributed by atoms with Crippen LogP contribution in [0.1, 0.15) is 46.0 Å². The molecule has 94 valence electrons. The smallest absolute Gasteiger partial charge is 0.0306 e. The summed E-state index contributed by atoms with van der Waals surface area (Å²) >= 11 is 0. The third kappa shape index (κ3) is 3.60. The highest BCUT2D eigenvalue weighted by Gasteiger charge is 2.31. The largest absolute Gasteiger partial charge is 0.329 e. The first-order valence-corrected chi connectivity index (χ1v) is 6.69. The Balaban J connectivity index is 2.56. The summed E-state index contributed by atoms with van der Waals surface area (Å²) in [7, 11) is 0. The molecule has 2 nitrogen and oxygen atoms in total. The molecule has 0 radical (unpaired) electrons. The van der Waals surface area contributed by atoms with Crippen molar-refractivity contribution >= 4 is 0 Å². The van der Waals surface area contributed by atoms with E-state index in [-0.39, 0.29) is 5.54 Å². The summed E-state index contributed by atoms with van der Waals surface area (Å²) in [5, 5.41) is 3.59. The van der Waals surface area contributed by atoms with E-state index in [0.717, 1.165) is 24.9 Å². The third-order valence-electron chi connectivity index (χ3n) is 4.18. The minimum Gasteiger partial charge on any atom is -0.329 e. The number of hydrogen-bond acceptors (Lipinski definition) is 2. The summed E-state index contributed by atoms with van der Waals surface area (Å²) in [4.78, 5) is 0. The van der Waals surface area contributed by atoms with E-state index in [0.29, 0.717) is 0 Å². The molecule has 1 rings (SSSR count). The molecule has 0 amide bonds. The van der Waals surface area contributed by atoms with Crippen molar-refractivity contribution in [3.05, 3.63) is 12.7 Å². The first kappa shape index (κ1) is 13.7. The third-order valence-corrected chi connectivity index (χ3v) is 4.18. The Labute approximate surface area is 101 Å². The Morgan fingerprint density at radius 1 is 1.44 bits per heavy atom. The SMILES string of the molecule is C=CCNC1(CN)CCCC(C(C)C)CC1. The molecule has 2 heteroatoms. The van der Waals surface area contributed by atoms with Crippen molar-refractivity contribution in [2.75, 3.05) is 13.1 Å². The quantitative estimate of drug-likeness (QED) is 0.556. The van der Waals surface area contributed by atoms with Crippen LogP contribution in [0, 0.1) is 11.8 Å². The van der Waals surface area contributed by atoms with Gasteiger partial charge < -0.3 is 11.1 Å². The molecule has 1 fully saturated rings. The van der Waals surface area contributed by atoms with E-state index in [2.05, 4.69) is 25.7 Å². The molecule has 2 unspecified atom stereocenters. The van der Waals surface area contributed by atoms with Crippen molar-refractivity contribution in [1.29, 1.82) is 0 Å². The van der Waals surface area contributed by atoms with Crippen LogP contribution in [0.15, 0.2) is 12.7 Å². The lowest BCUT2D eigenvalue weighted by Gasteiger charge is -2.32. The maximum Gasteiger partial charge on any atom is 0.0306 e. The number of rotatable bonds is 5. The summed E-state index contributed by atoms with van der Waals surface area (Å²) in [6.45, 7) is 10.1. The Kier molecular flexibility index (Phi) is 5.50. The van der Waals surface area contributed by atoms with Crippen LogP contribution in [0.2, 0.25) is 0 Å². The van der Waals surface area contributed by atoms with Crippen LogP contribution in [-0.4, -0.2) is 18.6 Å². The molecule has 1 aliphatic rings. The molecule has 0 bridgehead atoms. The lowest BCUT2D eigenvalue weighted by Crippen LogP contribution is -2.50. The van der Waals surface area contributed by atoms with Crippen LogP contribution in [0.4, 0.5) is 0 Å². The van der Waals surface area contributed by atoms with Gasteiger partial charge in [0, 0.05) is 18.6 Å². The van der Waals surface area contributed by atoms with Gasteiger partial charge in [-0.05, 0) is 31.1 Å². The highest BCUT2D eigenvalue weighted by molar-refractivity contribution is 4.94. The van der Waals surface area contributed by atoms with Gasteiger partial charge in [0.1, 0.15) is 0 Å². The summed E-state index contributed by atoms with van der Waals surface area (Å²) in [6, 6.07) is 0. The average Bonchev–Trinajstić information content (AvgIpc) is 2.49. The maximum absolute atomic E-state index is 5.97. The monoisotopic (exact) mass is 224 g/mol. The zero-order valence-corrected chi connectivity index (χ0v) is 11.0. The van der Waals surface area contributed by atoms with E-state index >= 15 is 0 Å². The Morgan fingerprint density at radius 2 is 2.19 bits per heavy atom. The Hall–Kier alpha value is -0.340. The second-order valence-electron chi connectivity index (χ2n) is 5.59. The van der Waals surface area contributed by atoms with Gasteiger partial charge in [-0.25, -0.2) is 0 Å². The van der Waals surface area contributed by atoms with E-state index in [1.807, 2.05) is 6.08 Å². The Morgan fingerprint density at radius 3 is 2.75 bits per heavy atom. The van der Waals surface area contributed by atoms with Gasteiger partial charge in [0.25, 0.3) is 0 Å². The van der Waals surface area contributed by atoms with Crippen LogP contribution in [0.3, 0.4) is 0 Å². The second kappa shape index (κ2) is 6.41. The first-order valence-electron chi connectivity index (χ1n) is 6.69. The molecular formula is C14H28N2. The van der Waals surface area contributed by atoms with Crippen molar-refractivity contribution in [2.45, 2.75) is 51.5 Å². The number of nitrogens with two attached hydrogens (primary N) is 1. The first-order chi connectivity index (χ1) is 7.63. The zero-order valence-electron chi connectivity index (χ0n) is 11.0. The summed E-state index contributed by atoms with van der Waals surface area (Å²) in [5.74, 6) is 1.70. The van der Waals surface area contributed by atoms with Gasteiger partial charge in [0.2, 0.25) is 0 Å². The fraction of sp³-hybridized carbons (Fsp3) is 0.857. The summed E-state index contributed by atoms with van der Waals surface area (Å²) in [5.41, 5.74) is 6.15. The molecule has 0 aromatic carbocycles. The van der Waals surface area contributed by atoms with Gasteiger partial charge in [-0.3, -0.25) is 0 Å². The van der Waals surface area contributed by atoms with Crippen molar-refractivity contribution in [1.82, 2.24) is 5.32 Å².